The summed E-state index contributed by atoms with van der Waals surface area (Å²) in [6, 6.07) is 15.4. The van der Waals surface area contributed by atoms with Crippen molar-refractivity contribution in [3.63, 3.8) is 0 Å². The third-order valence-electron chi connectivity index (χ3n) is 4.52. The summed E-state index contributed by atoms with van der Waals surface area (Å²) in [6.45, 7) is 1.30. The van der Waals surface area contributed by atoms with Crippen molar-refractivity contribution < 1.29 is 14.3 Å². The van der Waals surface area contributed by atoms with E-state index in [-0.39, 0.29) is 30.1 Å². The van der Waals surface area contributed by atoms with Crippen molar-refractivity contribution in [2.45, 2.75) is 18.9 Å². The van der Waals surface area contributed by atoms with Gasteiger partial charge in [-0.1, -0.05) is 18.2 Å². The maximum Gasteiger partial charge on any atom is 0.255 e. The molecule has 6 nitrogen and oxygen atoms in total. The van der Waals surface area contributed by atoms with Crippen molar-refractivity contribution in [2.75, 3.05) is 23.8 Å². The highest BCUT2D eigenvalue weighted by Crippen LogP contribution is 2.19. The number of carbonyl (C=O) groups excluding carboxylic acids is 2. The second kappa shape index (κ2) is 10.1. The van der Waals surface area contributed by atoms with Gasteiger partial charge in [-0.15, -0.1) is 12.4 Å². The fourth-order valence-corrected chi connectivity index (χ4v) is 2.94. The predicted octanol–water partition coefficient (Wildman–Crippen LogP) is 3.05. The lowest BCUT2D eigenvalue weighted by Gasteiger charge is -2.26. The molecule has 0 spiro atoms. The SMILES string of the molecule is Cl.NC(C(=O)Nc1ccc(C(=O)Nc2ccccc2)cc1)C1CCOCC1. The second-order valence-electron chi connectivity index (χ2n) is 6.36. The van der Waals surface area contributed by atoms with Gasteiger partial charge in [-0.05, 0) is 55.2 Å². The van der Waals surface area contributed by atoms with Crippen LogP contribution in [0.25, 0.3) is 0 Å². The van der Waals surface area contributed by atoms with Crippen molar-refractivity contribution in [1.29, 1.82) is 0 Å². The summed E-state index contributed by atoms with van der Waals surface area (Å²) in [6.07, 6.45) is 1.60. The molecular formula is C20H24ClN3O3. The fourth-order valence-electron chi connectivity index (χ4n) is 2.94. The number of anilines is 2. The molecule has 1 heterocycles. The van der Waals surface area contributed by atoms with Crippen LogP contribution in [0, 0.1) is 5.92 Å². The summed E-state index contributed by atoms with van der Waals surface area (Å²) in [5.41, 5.74) is 7.94. The molecule has 1 fully saturated rings. The van der Waals surface area contributed by atoms with E-state index in [9.17, 15) is 9.59 Å². The number of benzene rings is 2. The molecule has 1 saturated heterocycles. The quantitative estimate of drug-likeness (QED) is 0.732. The van der Waals surface area contributed by atoms with E-state index in [1.807, 2.05) is 30.3 Å². The zero-order valence-corrected chi connectivity index (χ0v) is 15.7. The van der Waals surface area contributed by atoms with Gasteiger partial charge in [0.2, 0.25) is 5.91 Å². The third-order valence-corrected chi connectivity index (χ3v) is 4.52. The molecule has 0 aromatic heterocycles. The largest absolute Gasteiger partial charge is 0.381 e. The molecule has 0 radical (unpaired) electrons. The summed E-state index contributed by atoms with van der Waals surface area (Å²) in [4.78, 5) is 24.5. The number of carbonyl (C=O) groups is 2. The molecule has 1 aliphatic rings. The molecule has 7 heteroatoms. The highest BCUT2D eigenvalue weighted by atomic mass is 35.5. The number of rotatable bonds is 5. The van der Waals surface area contributed by atoms with Crippen molar-refractivity contribution in [2.24, 2.45) is 11.7 Å². The third kappa shape index (κ3) is 5.79. The van der Waals surface area contributed by atoms with Gasteiger partial charge in [0.1, 0.15) is 0 Å². The lowest BCUT2D eigenvalue weighted by Crippen LogP contribution is -2.44. The minimum atomic E-state index is -0.556. The number of amides is 2. The molecule has 1 atom stereocenters. The number of nitrogens with one attached hydrogen (secondary N) is 2. The van der Waals surface area contributed by atoms with E-state index in [0.717, 1.165) is 18.5 Å². The van der Waals surface area contributed by atoms with E-state index in [2.05, 4.69) is 10.6 Å². The average molecular weight is 390 g/mol. The normalized spacial score (nSPS) is 15.3. The molecule has 0 saturated carbocycles. The fraction of sp³-hybridized carbons (Fsp3) is 0.300. The minimum Gasteiger partial charge on any atom is -0.381 e. The van der Waals surface area contributed by atoms with E-state index in [0.29, 0.717) is 24.5 Å². The van der Waals surface area contributed by atoms with Gasteiger partial charge in [-0.3, -0.25) is 9.59 Å². The Bertz CT molecular complexity index is 747. The van der Waals surface area contributed by atoms with Gasteiger partial charge in [0, 0.05) is 30.2 Å². The molecule has 2 aromatic rings. The molecule has 2 aromatic carbocycles. The summed E-state index contributed by atoms with van der Waals surface area (Å²) in [5, 5.41) is 5.64. The molecule has 3 rings (SSSR count). The van der Waals surface area contributed by atoms with Gasteiger partial charge in [-0.25, -0.2) is 0 Å². The monoisotopic (exact) mass is 389 g/mol. The van der Waals surface area contributed by atoms with Crippen LogP contribution in [0.1, 0.15) is 23.2 Å². The average Bonchev–Trinajstić information content (AvgIpc) is 2.69. The Kier molecular flexibility index (Phi) is 7.79. The first-order valence-corrected chi connectivity index (χ1v) is 8.74. The van der Waals surface area contributed by atoms with Gasteiger partial charge < -0.3 is 21.1 Å². The molecule has 1 unspecified atom stereocenters. The highest BCUT2D eigenvalue weighted by molar-refractivity contribution is 6.04. The molecule has 4 N–H and O–H groups in total. The lowest BCUT2D eigenvalue weighted by molar-refractivity contribution is -0.119. The van der Waals surface area contributed by atoms with Gasteiger partial charge in [-0.2, -0.15) is 0 Å². The molecule has 144 valence electrons. The number of hydrogen-bond donors (Lipinski definition) is 3. The van der Waals surface area contributed by atoms with Crippen LogP contribution in [0.2, 0.25) is 0 Å². The number of hydrogen-bond acceptors (Lipinski definition) is 4. The smallest absolute Gasteiger partial charge is 0.255 e. The zero-order chi connectivity index (χ0) is 18.4. The number of nitrogens with two attached hydrogens (primary N) is 1. The lowest BCUT2D eigenvalue weighted by atomic mass is 9.92. The summed E-state index contributed by atoms with van der Waals surface area (Å²) in [5.74, 6) is -0.272. The molecule has 0 bridgehead atoms. The Hall–Kier alpha value is -2.41. The van der Waals surface area contributed by atoms with E-state index in [1.54, 1.807) is 24.3 Å². The molecular weight excluding hydrogens is 366 g/mol. The predicted molar refractivity (Wildman–Crippen MR) is 108 cm³/mol. The molecule has 1 aliphatic heterocycles. The maximum absolute atomic E-state index is 12.3. The van der Waals surface area contributed by atoms with E-state index < -0.39 is 6.04 Å². The topological polar surface area (TPSA) is 93.5 Å². The number of ether oxygens (including phenoxy) is 1. The van der Waals surface area contributed by atoms with Crippen LogP contribution in [0.15, 0.2) is 54.6 Å². The first kappa shape index (κ1) is 20.9. The van der Waals surface area contributed by atoms with Crippen LogP contribution in [-0.2, 0) is 9.53 Å². The van der Waals surface area contributed by atoms with Crippen molar-refractivity contribution in [1.82, 2.24) is 0 Å². The first-order chi connectivity index (χ1) is 12.6. The minimum absolute atomic E-state index is 0. The van der Waals surface area contributed by atoms with Crippen LogP contribution in [0.3, 0.4) is 0 Å². The standard InChI is InChI=1S/C20H23N3O3.ClH/c21-18(14-10-12-26-13-11-14)20(25)23-17-8-6-15(7-9-17)19(24)22-16-4-2-1-3-5-16;/h1-9,14,18H,10-13,21H2,(H,22,24)(H,23,25);1H. The molecule has 27 heavy (non-hydrogen) atoms. The zero-order valence-electron chi connectivity index (χ0n) is 14.9. The summed E-state index contributed by atoms with van der Waals surface area (Å²) >= 11 is 0. The molecule has 0 aliphatic carbocycles. The number of para-hydroxylation sites is 1. The molecule has 2 amide bonds. The highest BCUT2D eigenvalue weighted by Gasteiger charge is 2.26. The van der Waals surface area contributed by atoms with Gasteiger partial charge in [0.25, 0.3) is 5.91 Å². The van der Waals surface area contributed by atoms with Crippen molar-refractivity contribution >= 4 is 35.6 Å². The van der Waals surface area contributed by atoms with Gasteiger partial charge in [0.15, 0.2) is 0 Å². The Balaban J connectivity index is 0.00000261. The van der Waals surface area contributed by atoms with E-state index >= 15 is 0 Å². The van der Waals surface area contributed by atoms with Crippen molar-refractivity contribution in [3.05, 3.63) is 60.2 Å². The van der Waals surface area contributed by atoms with Crippen molar-refractivity contribution in [3.8, 4) is 0 Å². The Labute approximate surface area is 164 Å². The summed E-state index contributed by atoms with van der Waals surface area (Å²) < 4.78 is 5.30. The maximum atomic E-state index is 12.3. The van der Waals surface area contributed by atoms with Crippen LogP contribution in [-0.4, -0.2) is 31.1 Å². The van der Waals surface area contributed by atoms with E-state index in [4.69, 9.17) is 10.5 Å². The van der Waals surface area contributed by atoms with Gasteiger partial charge in [0.05, 0.1) is 6.04 Å². The van der Waals surface area contributed by atoms with E-state index in [1.165, 1.54) is 0 Å². The van der Waals surface area contributed by atoms with Crippen LogP contribution in [0.4, 0.5) is 11.4 Å². The van der Waals surface area contributed by atoms with Crippen LogP contribution in [0.5, 0.6) is 0 Å². The van der Waals surface area contributed by atoms with Crippen LogP contribution < -0.4 is 16.4 Å². The summed E-state index contributed by atoms with van der Waals surface area (Å²) in [7, 11) is 0. The van der Waals surface area contributed by atoms with Gasteiger partial charge >= 0.3 is 0 Å². The van der Waals surface area contributed by atoms with Crippen LogP contribution >= 0.6 is 12.4 Å². The Morgan fingerprint density at radius 2 is 1.52 bits per heavy atom. The Morgan fingerprint density at radius 1 is 0.926 bits per heavy atom. The number of halogens is 1. The second-order valence-corrected chi connectivity index (χ2v) is 6.36. The Morgan fingerprint density at radius 3 is 2.15 bits per heavy atom. The first-order valence-electron chi connectivity index (χ1n) is 8.74.